The lowest BCUT2D eigenvalue weighted by Crippen LogP contribution is -2.06. The number of fused-ring (bicyclic) bond motifs is 1. The zero-order valence-corrected chi connectivity index (χ0v) is 13.6. The van der Waals surface area contributed by atoms with Crippen molar-refractivity contribution >= 4 is 28.6 Å². The topological polar surface area (TPSA) is 104 Å². The molecule has 0 heterocycles. The maximum absolute atomic E-state index is 11.7. The van der Waals surface area contributed by atoms with Gasteiger partial charge in [-0.25, -0.2) is 4.79 Å². The largest absolute Gasteiger partial charge is 0.465 e. The number of rotatable bonds is 2. The maximum atomic E-state index is 11.7. The van der Waals surface area contributed by atoms with Crippen molar-refractivity contribution in [3.63, 3.8) is 0 Å². The summed E-state index contributed by atoms with van der Waals surface area (Å²) in [5, 5.41) is 0. The smallest absolute Gasteiger partial charge is 0.337 e. The quantitative estimate of drug-likeness (QED) is 0.582. The average molecular weight is 323 g/mol. The fourth-order valence-corrected chi connectivity index (χ4v) is 3.20. The first-order valence-electron chi connectivity index (χ1n) is 7.87. The third-order valence-electron chi connectivity index (χ3n) is 4.42. The molecule has 0 amide bonds. The minimum Gasteiger partial charge on any atom is -0.465 e. The molecule has 1 aliphatic carbocycles. The molecule has 6 N–H and O–H groups in total. The number of anilines is 2. The number of hydrogen-bond donors (Lipinski definition) is 3. The first-order chi connectivity index (χ1) is 11.5. The Bertz CT molecular complexity index is 841. The van der Waals surface area contributed by atoms with E-state index in [0.29, 0.717) is 22.6 Å². The van der Waals surface area contributed by atoms with Crippen LogP contribution in [-0.2, 0) is 11.2 Å². The summed E-state index contributed by atoms with van der Waals surface area (Å²) in [4.78, 5) is 11.7. The number of benzene rings is 2. The van der Waals surface area contributed by atoms with E-state index in [-0.39, 0.29) is 5.97 Å². The van der Waals surface area contributed by atoms with E-state index in [1.54, 1.807) is 12.1 Å². The monoisotopic (exact) mass is 323 g/mol. The van der Waals surface area contributed by atoms with Crippen LogP contribution in [0.25, 0.3) is 11.3 Å². The zero-order valence-electron chi connectivity index (χ0n) is 13.6. The van der Waals surface area contributed by atoms with Gasteiger partial charge in [-0.05, 0) is 54.7 Å². The number of aryl methyl sites for hydroxylation is 1. The molecule has 5 nitrogen and oxygen atoms in total. The van der Waals surface area contributed by atoms with E-state index in [1.807, 2.05) is 24.3 Å². The van der Waals surface area contributed by atoms with Crippen LogP contribution in [0.5, 0.6) is 0 Å². The highest BCUT2D eigenvalue weighted by Gasteiger charge is 2.19. The Labute approximate surface area is 141 Å². The molecule has 1 aliphatic rings. The van der Waals surface area contributed by atoms with Crippen LogP contribution >= 0.6 is 0 Å². The number of carbonyl (C=O) groups is 1. The van der Waals surface area contributed by atoms with Crippen LogP contribution in [-0.4, -0.2) is 13.1 Å². The predicted octanol–water partition coefficient (Wildman–Crippen LogP) is 2.80. The van der Waals surface area contributed by atoms with Gasteiger partial charge in [0.05, 0.1) is 12.7 Å². The summed E-state index contributed by atoms with van der Waals surface area (Å²) in [6.07, 6.45) is 2.60. The van der Waals surface area contributed by atoms with E-state index < -0.39 is 0 Å². The fourth-order valence-electron chi connectivity index (χ4n) is 3.20. The molecule has 5 heteroatoms. The van der Waals surface area contributed by atoms with Gasteiger partial charge in [-0.15, -0.1) is 0 Å². The summed E-state index contributed by atoms with van der Waals surface area (Å²) in [6.45, 7) is 0. The van der Waals surface area contributed by atoms with Crippen molar-refractivity contribution in [2.45, 2.75) is 19.3 Å². The SMILES string of the molecule is COC(=O)c1ccc2c(c1)CCCC(c1ccc(N)cc1N)=C2N. The first-order valence-corrected chi connectivity index (χ1v) is 7.87. The van der Waals surface area contributed by atoms with E-state index in [4.69, 9.17) is 21.9 Å². The number of hydrogen-bond acceptors (Lipinski definition) is 5. The number of ether oxygens (including phenoxy) is 1. The van der Waals surface area contributed by atoms with Crippen molar-refractivity contribution in [3.05, 3.63) is 58.7 Å². The summed E-state index contributed by atoms with van der Waals surface area (Å²) in [5.74, 6) is -0.340. The summed E-state index contributed by atoms with van der Waals surface area (Å²) in [6, 6.07) is 11.0. The van der Waals surface area contributed by atoms with Crippen LogP contribution in [0.15, 0.2) is 36.4 Å². The molecule has 0 spiro atoms. The number of methoxy groups -OCH3 is 1. The normalized spacial score (nSPS) is 14.0. The van der Waals surface area contributed by atoms with Crippen LogP contribution in [0.1, 0.15) is 39.9 Å². The lowest BCUT2D eigenvalue weighted by atomic mass is 9.95. The second-order valence-electron chi connectivity index (χ2n) is 5.96. The fraction of sp³-hybridized carbons (Fsp3) is 0.211. The van der Waals surface area contributed by atoms with Crippen LogP contribution in [0, 0.1) is 0 Å². The molecule has 0 aliphatic heterocycles. The lowest BCUT2D eigenvalue weighted by Gasteiger charge is -2.14. The minimum atomic E-state index is -0.340. The molecular weight excluding hydrogens is 302 g/mol. The van der Waals surface area contributed by atoms with E-state index in [0.717, 1.165) is 41.5 Å². The summed E-state index contributed by atoms with van der Waals surface area (Å²) >= 11 is 0. The van der Waals surface area contributed by atoms with E-state index in [2.05, 4.69) is 0 Å². The first kappa shape index (κ1) is 15.9. The molecule has 0 bridgehead atoms. The number of allylic oxidation sites excluding steroid dienone is 1. The molecule has 0 unspecified atom stereocenters. The van der Waals surface area contributed by atoms with Gasteiger partial charge in [-0.1, -0.05) is 12.1 Å². The molecular formula is C19H21N3O2. The Kier molecular flexibility index (Phi) is 4.16. The van der Waals surface area contributed by atoms with Crippen molar-refractivity contribution in [2.75, 3.05) is 18.6 Å². The van der Waals surface area contributed by atoms with E-state index in [1.165, 1.54) is 7.11 Å². The molecule has 2 aromatic carbocycles. The van der Waals surface area contributed by atoms with Crippen molar-refractivity contribution in [1.29, 1.82) is 0 Å². The minimum absolute atomic E-state index is 0.340. The number of nitrogens with two attached hydrogens (primary N) is 3. The number of nitrogen functional groups attached to an aromatic ring is 2. The molecule has 24 heavy (non-hydrogen) atoms. The molecule has 0 saturated heterocycles. The van der Waals surface area contributed by atoms with Gasteiger partial charge >= 0.3 is 5.97 Å². The molecule has 0 aromatic heterocycles. The molecule has 0 fully saturated rings. The van der Waals surface area contributed by atoms with Gasteiger partial charge in [0.25, 0.3) is 0 Å². The lowest BCUT2D eigenvalue weighted by molar-refractivity contribution is 0.0600. The highest BCUT2D eigenvalue weighted by molar-refractivity contribution is 5.95. The van der Waals surface area contributed by atoms with Gasteiger partial charge in [-0.3, -0.25) is 0 Å². The Balaban J connectivity index is 2.11. The molecule has 3 rings (SSSR count). The van der Waals surface area contributed by atoms with Gasteiger partial charge in [0.15, 0.2) is 0 Å². The van der Waals surface area contributed by atoms with Gasteiger partial charge in [0, 0.05) is 28.2 Å². The van der Waals surface area contributed by atoms with Gasteiger partial charge in [-0.2, -0.15) is 0 Å². The van der Waals surface area contributed by atoms with E-state index >= 15 is 0 Å². The Morgan fingerprint density at radius 1 is 1.00 bits per heavy atom. The van der Waals surface area contributed by atoms with Crippen molar-refractivity contribution in [3.8, 4) is 0 Å². The maximum Gasteiger partial charge on any atom is 0.337 e. The highest BCUT2D eigenvalue weighted by atomic mass is 16.5. The van der Waals surface area contributed by atoms with Gasteiger partial charge < -0.3 is 21.9 Å². The average Bonchev–Trinajstić information content (AvgIpc) is 2.73. The van der Waals surface area contributed by atoms with Crippen LogP contribution in [0.4, 0.5) is 11.4 Å². The van der Waals surface area contributed by atoms with Gasteiger partial charge in [0.2, 0.25) is 0 Å². The predicted molar refractivity (Wildman–Crippen MR) is 97.0 cm³/mol. The van der Waals surface area contributed by atoms with E-state index in [9.17, 15) is 4.79 Å². The third-order valence-corrected chi connectivity index (χ3v) is 4.42. The molecule has 0 saturated carbocycles. The second kappa shape index (κ2) is 6.28. The van der Waals surface area contributed by atoms with Crippen molar-refractivity contribution < 1.29 is 9.53 Å². The van der Waals surface area contributed by atoms with Crippen molar-refractivity contribution in [1.82, 2.24) is 0 Å². The van der Waals surface area contributed by atoms with Crippen LogP contribution in [0.3, 0.4) is 0 Å². The molecule has 0 radical (unpaired) electrons. The Morgan fingerprint density at radius 2 is 1.75 bits per heavy atom. The Morgan fingerprint density at radius 3 is 2.46 bits per heavy atom. The number of carbonyl (C=O) groups excluding carboxylic acids is 1. The summed E-state index contributed by atoms with van der Waals surface area (Å²) in [5.41, 5.74) is 24.8. The standard InChI is InChI=1S/C19H21N3O2/c1-24-19(23)12-5-7-14-11(9-12)3-2-4-16(18(14)22)15-8-6-13(20)10-17(15)21/h5-10H,2-4,20-22H2,1H3. The Hall–Kier alpha value is -2.95. The van der Waals surface area contributed by atoms with Gasteiger partial charge in [0.1, 0.15) is 0 Å². The molecule has 2 aromatic rings. The summed E-state index contributed by atoms with van der Waals surface area (Å²) < 4.78 is 4.79. The third kappa shape index (κ3) is 2.80. The summed E-state index contributed by atoms with van der Waals surface area (Å²) in [7, 11) is 1.38. The molecule has 124 valence electrons. The van der Waals surface area contributed by atoms with Crippen LogP contribution < -0.4 is 17.2 Å². The highest BCUT2D eigenvalue weighted by Crippen LogP contribution is 2.36. The zero-order chi connectivity index (χ0) is 17.3. The van der Waals surface area contributed by atoms with Crippen LogP contribution in [0.2, 0.25) is 0 Å². The molecule has 0 atom stereocenters. The number of esters is 1. The second-order valence-corrected chi connectivity index (χ2v) is 5.96. The van der Waals surface area contributed by atoms with Crippen molar-refractivity contribution in [2.24, 2.45) is 5.73 Å².